The Hall–Kier alpha value is -2.44. The van der Waals surface area contributed by atoms with E-state index in [-0.39, 0.29) is 28.3 Å². The molecule has 0 radical (unpaired) electrons. The number of carboxylic acid groups (broad SMARTS) is 1. The van der Waals surface area contributed by atoms with Crippen molar-refractivity contribution in [3.05, 3.63) is 35.5 Å². The van der Waals surface area contributed by atoms with Crippen LogP contribution in [0.3, 0.4) is 0 Å². The van der Waals surface area contributed by atoms with Crippen LogP contribution in [0.4, 0.5) is 8.78 Å². The molecule has 2 aromatic rings. The summed E-state index contributed by atoms with van der Waals surface area (Å²) >= 11 is 0. The fourth-order valence-corrected chi connectivity index (χ4v) is 1.74. The number of hydrogen-bond acceptors (Lipinski definition) is 3. The van der Waals surface area contributed by atoms with Gasteiger partial charge in [-0.25, -0.2) is 13.6 Å². The number of hydrogen-bond donors (Lipinski definition) is 2. The van der Waals surface area contributed by atoms with E-state index in [1.54, 1.807) is 0 Å². The van der Waals surface area contributed by atoms with Crippen molar-refractivity contribution in [3.63, 3.8) is 0 Å². The number of H-pyrrole nitrogens is 1. The van der Waals surface area contributed by atoms with Crippen LogP contribution in [0.1, 0.15) is 22.5 Å². The minimum absolute atomic E-state index is 0.0346. The topological polar surface area (TPSA) is 75.2 Å². The summed E-state index contributed by atoms with van der Waals surface area (Å²) in [6, 6.07) is 5.58. The monoisotopic (exact) mass is 268 g/mol. The molecule has 2 rings (SSSR count). The molecule has 1 aromatic carbocycles. The van der Waals surface area contributed by atoms with Gasteiger partial charge in [-0.3, -0.25) is 5.10 Å². The van der Waals surface area contributed by atoms with Gasteiger partial charge in [0.2, 0.25) is 0 Å². The molecule has 19 heavy (non-hydrogen) atoms. The largest absolute Gasteiger partial charge is 0.496 e. The molecular weight excluding hydrogens is 258 g/mol. The van der Waals surface area contributed by atoms with E-state index in [1.807, 2.05) is 0 Å². The lowest BCUT2D eigenvalue weighted by molar-refractivity contribution is 0.0690. The molecule has 100 valence electrons. The van der Waals surface area contributed by atoms with Gasteiger partial charge in [-0.15, -0.1) is 0 Å². The highest BCUT2D eigenvalue weighted by Crippen LogP contribution is 2.37. The molecule has 5 nitrogen and oxygen atoms in total. The molecule has 0 spiro atoms. The maximum atomic E-state index is 13.1. The Morgan fingerprint density at radius 1 is 1.47 bits per heavy atom. The number of aromatic nitrogens is 2. The van der Waals surface area contributed by atoms with Gasteiger partial charge in [0.25, 0.3) is 6.43 Å². The van der Waals surface area contributed by atoms with E-state index in [0.717, 1.165) is 0 Å². The summed E-state index contributed by atoms with van der Waals surface area (Å²) in [6.45, 7) is 0. The van der Waals surface area contributed by atoms with Crippen molar-refractivity contribution in [2.75, 3.05) is 7.11 Å². The fraction of sp³-hybridized carbons (Fsp3) is 0.167. The molecular formula is C12H10F2N2O3. The molecule has 2 N–H and O–H groups in total. The summed E-state index contributed by atoms with van der Waals surface area (Å²) in [5, 5.41) is 14.8. The van der Waals surface area contributed by atoms with E-state index in [1.165, 1.54) is 31.4 Å². The maximum absolute atomic E-state index is 13.1. The van der Waals surface area contributed by atoms with E-state index < -0.39 is 12.4 Å². The Balaban J connectivity index is 2.57. The van der Waals surface area contributed by atoms with Crippen molar-refractivity contribution in [2.45, 2.75) is 6.43 Å². The first-order chi connectivity index (χ1) is 9.04. The minimum atomic E-state index is -2.75. The van der Waals surface area contributed by atoms with Gasteiger partial charge in [-0.1, -0.05) is 12.1 Å². The molecule has 0 amide bonds. The number of halogens is 2. The lowest BCUT2D eigenvalue weighted by Crippen LogP contribution is -1.96. The number of aromatic amines is 1. The Bertz CT molecular complexity index is 611. The first-order valence-corrected chi connectivity index (χ1v) is 5.28. The Morgan fingerprint density at radius 3 is 2.74 bits per heavy atom. The van der Waals surface area contributed by atoms with Crippen LogP contribution in [-0.4, -0.2) is 28.4 Å². The number of rotatable bonds is 4. The molecule has 0 bridgehead atoms. The number of aromatic carboxylic acids is 1. The summed E-state index contributed by atoms with van der Waals surface area (Å²) in [5.41, 5.74) is -0.212. The van der Waals surface area contributed by atoms with Gasteiger partial charge in [0, 0.05) is 5.56 Å². The molecule has 0 atom stereocenters. The van der Waals surface area contributed by atoms with Crippen LogP contribution in [0.25, 0.3) is 11.3 Å². The number of carboxylic acids is 1. The van der Waals surface area contributed by atoms with E-state index in [4.69, 9.17) is 9.84 Å². The molecule has 7 heteroatoms. The van der Waals surface area contributed by atoms with Gasteiger partial charge in [-0.2, -0.15) is 5.10 Å². The number of ether oxygens (including phenoxy) is 1. The molecule has 0 aliphatic heterocycles. The van der Waals surface area contributed by atoms with Crippen molar-refractivity contribution < 1.29 is 23.4 Å². The highest BCUT2D eigenvalue weighted by atomic mass is 19.3. The molecule has 0 saturated carbocycles. The average molecular weight is 268 g/mol. The van der Waals surface area contributed by atoms with Crippen LogP contribution in [0.2, 0.25) is 0 Å². The molecule has 0 unspecified atom stereocenters. The van der Waals surface area contributed by atoms with Crippen molar-refractivity contribution in [1.82, 2.24) is 10.2 Å². The number of nitrogens with zero attached hydrogens (tertiary/aromatic N) is 1. The molecule has 0 aliphatic rings. The minimum Gasteiger partial charge on any atom is -0.496 e. The molecule has 1 heterocycles. The lowest BCUT2D eigenvalue weighted by Gasteiger charge is -2.11. The third kappa shape index (κ3) is 2.40. The summed E-state index contributed by atoms with van der Waals surface area (Å²) in [5.74, 6) is -1.17. The van der Waals surface area contributed by atoms with E-state index in [0.29, 0.717) is 0 Å². The Kier molecular flexibility index (Phi) is 3.46. The highest BCUT2D eigenvalue weighted by molar-refractivity contribution is 5.87. The SMILES string of the molecule is COc1cccc(-c2cc(C(=O)O)[nH]n2)c1C(F)F. The average Bonchev–Trinajstić information content (AvgIpc) is 2.87. The van der Waals surface area contributed by atoms with Gasteiger partial charge in [0.05, 0.1) is 18.4 Å². The number of benzene rings is 1. The van der Waals surface area contributed by atoms with Crippen LogP contribution in [0.15, 0.2) is 24.3 Å². The van der Waals surface area contributed by atoms with Crippen LogP contribution < -0.4 is 4.74 Å². The molecule has 0 aliphatic carbocycles. The van der Waals surface area contributed by atoms with Crippen molar-refractivity contribution in [2.24, 2.45) is 0 Å². The molecule has 0 saturated heterocycles. The zero-order valence-electron chi connectivity index (χ0n) is 9.85. The first-order valence-electron chi connectivity index (χ1n) is 5.28. The summed E-state index contributed by atoms with van der Waals surface area (Å²) in [6.07, 6.45) is -2.75. The molecule has 1 aromatic heterocycles. The predicted octanol–water partition coefficient (Wildman–Crippen LogP) is 2.72. The van der Waals surface area contributed by atoms with Gasteiger partial charge >= 0.3 is 5.97 Å². The second kappa shape index (κ2) is 5.05. The van der Waals surface area contributed by atoms with Crippen LogP contribution in [0, 0.1) is 0 Å². The van der Waals surface area contributed by atoms with Crippen molar-refractivity contribution in [1.29, 1.82) is 0 Å². The number of carbonyl (C=O) groups is 1. The van der Waals surface area contributed by atoms with Crippen LogP contribution >= 0.6 is 0 Å². The van der Waals surface area contributed by atoms with E-state index in [2.05, 4.69) is 10.2 Å². The van der Waals surface area contributed by atoms with Crippen molar-refractivity contribution >= 4 is 5.97 Å². The number of alkyl halides is 2. The Labute approximate surface area is 106 Å². The second-order valence-electron chi connectivity index (χ2n) is 3.69. The predicted molar refractivity (Wildman–Crippen MR) is 62.5 cm³/mol. The lowest BCUT2D eigenvalue weighted by atomic mass is 10.0. The van der Waals surface area contributed by atoms with Gasteiger partial charge in [0.15, 0.2) is 0 Å². The normalized spacial score (nSPS) is 10.7. The van der Waals surface area contributed by atoms with E-state index in [9.17, 15) is 13.6 Å². The van der Waals surface area contributed by atoms with Crippen LogP contribution in [0.5, 0.6) is 5.75 Å². The van der Waals surface area contributed by atoms with E-state index >= 15 is 0 Å². The fourth-order valence-electron chi connectivity index (χ4n) is 1.74. The third-order valence-corrected chi connectivity index (χ3v) is 2.59. The smallest absolute Gasteiger partial charge is 0.353 e. The Morgan fingerprint density at radius 2 is 2.21 bits per heavy atom. The zero-order chi connectivity index (χ0) is 14.0. The van der Waals surface area contributed by atoms with Crippen LogP contribution in [-0.2, 0) is 0 Å². The molecule has 0 fully saturated rings. The highest BCUT2D eigenvalue weighted by Gasteiger charge is 2.21. The quantitative estimate of drug-likeness (QED) is 0.894. The second-order valence-corrected chi connectivity index (χ2v) is 3.69. The standard InChI is InChI=1S/C12H10F2N2O3/c1-19-9-4-2-3-6(10(9)11(13)14)7-5-8(12(17)18)16-15-7/h2-5,11H,1H3,(H,15,16)(H,17,18). The number of methoxy groups -OCH3 is 1. The van der Waals surface area contributed by atoms with Gasteiger partial charge < -0.3 is 9.84 Å². The van der Waals surface area contributed by atoms with Gasteiger partial charge in [-0.05, 0) is 12.1 Å². The number of nitrogens with one attached hydrogen (secondary N) is 1. The maximum Gasteiger partial charge on any atom is 0.353 e. The third-order valence-electron chi connectivity index (χ3n) is 2.59. The van der Waals surface area contributed by atoms with Crippen molar-refractivity contribution in [3.8, 4) is 17.0 Å². The first kappa shape index (κ1) is 13.0. The van der Waals surface area contributed by atoms with Gasteiger partial charge in [0.1, 0.15) is 11.4 Å². The summed E-state index contributed by atoms with van der Waals surface area (Å²) in [4.78, 5) is 10.7. The summed E-state index contributed by atoms with van der Waals surface area (Å²) in [7, 11) is 1.29. The zero-order valence-corrected chi connectivity index (χ0v) is 9.85. The summed E-state index contributed by atoms with van der Waals surface area (Å²) < 4.78 is 31.1.